The predicted molar refractivity (Wildman–Crippen MR) is 57.6 cm³/mol. The summed E-state index contributed by atoms with van der Waals surface area (Å²) < 4.78 is 5.83. The van der Waals surface area contributed by atoms with E-state index in [9.17, 15) is 4.79 Å². The van der Waals surface area contributed by atoms with Gasteiger partial charge in [0.25, 0.3) is 0 Å². The molecule has 2 aliphatic heterocycles. The van der Waals surface area contributed by atoms with Crippen molar-refractivity contribution in [1.29, 1.82) is 0 Å². The van der Waals surface area contributed by atoms with Gasteiger partial charge in [-0.15, -0.1) is 0 Å². The van der Waals surface area contributed by atoms with E-state index in [4.69, 9.17) is 4.74 Å². The second-order valence-electron chi connectivity index (χ2n) is 4.50. The molecule has 0 radical (unpaired) electrons. The molecule has 2 saturated heterocycles. The second kappa shape index (κ2) is 4.94. The van der Waals surface area contributed by atoms with E-state index < -0.39 is 0 Å². The van der Waals surface area contributed by atoms with Crippen LogP contribution in [0.1, 0.15) is 25.7 Å². The number of rotatable bonds is 3. The van der Waals surface area contributed by atoms with Gasteiger partial charge in [-0.3, -0.25) is 4.79 Å². The van der Waals surface area contributed by atoms with Crippen LogP contribution in [0.25, 0.3) is 0 Å². The maximum absolute atomic E-state index is 11.3. The van der Waals surface area contributed by atoms with Gasteiger partial charge in [-0.2, -0.15) is 0 Å². The molecule has 0 aliphatic carbocycles. The summed E-state index contributed by atoms with van der Waals surface area (Å²) in [5, 5.41) is 3.32. The van der Waals surface area contributed by atoms with E-state index in [1.165, 1.54) is 6.42 Å². The summed E-state index contributed by atoms with van der Waals surface area (Å²) in [7, 11) is 1.88. The number of nitrogens with zero attached hydrogens (tertiary/aromatic N) is 1. The molecule has 0 aromatic rings. The Labute approximate surface area is 91.0 Å². The van der Waals surface area contributed by atoms with Gasteiger partial charge in [-0.25, -0.2) is 0 Å². The summed E-state index contributed by atoms with van der Waals surface area (Å²) in [6.45, 7) is 2.78. The molecule has 4 heteroatoms. The summed E-state index contributed by atoms with van der Waals surface area (Å²) in [4.78, 5) is 13.1. The van der Waals surface area contributed by atoms with E-state index in [1.807, 2.05) is 11.9 Å². The van der Waals surface area contributed by atoms with Crippen molar-refractivity contribution in [2.45, 2.75) is 37.8 Å². The van der Waals surface area contributed by atoms with Crippen molar-refractivity contribution in [2.24, 2.45) is 0 Å². The van der Waals surface area contributed by atoms with Crippen molar-refractivity contribution in [3.05, 3.63) is 0 Å². The van der Waals surface area contributed by atoms with Crippen LogP contribution in [0, 0.1) is 0 Å². The van der Waals surface area contributed by atoms with Gasteiger partial charge in [0, 0.05) is 20.0 Å². The minimum Gasteiger partial charge on any atom is -0.375 e. The van der Waals surface area contributed by atoms with Crippen molar-refractivity contribution < 1.29 is 9.53 Å². The molecule has 0 aromatic carbocycles. The minimum atomic E-state index is 0.255. The van der Waals surface area contributed by atoms with E-state index in [0.29, 0.717) is 25.2 Å². The molecule has 1 N–H and O–H groups in total. The Morgan fingerprint density at radius 2 is 2.40 bits per heavy atom. The van der Waals surface area contributed by atoms with Crippen LogP contribution in [0.4, 0.5) is 0 Å². The lowest BCUT2D eigenvalue weighted by atomic mass is 10.1. The highest BCUT2D eigenvalue weighted by atomic mass is 16.5. The molecule has 2 heterocycles. The summed E-state index contributed by atoms with van der Waals surface area (Å²) in [5.74, 6) is 0.255. The molecule has 86 valence electrons. The number of likely N-dealkylation sites (tertiary alicyclic amines) is 1. The number of nitrogens with one attached hydrogen (secondary N) is 1. The Balaban J connectivity index is 1.71. The van der Waals surface area contributed by atoms with Crippen molar-refractivity contribution in [3.8, 4) is 0 Å². The Kier molecular flexibility index (Phi) is 3.59. The maximum atomic E-state index is 11.3. The first-order valence-corrected chi connectivity index (χ1v) is 5.85. The molecule has 2 unspecified atom stereocenters. The van der Waals surface area contributed by atoms with Gasteiger partial charge in [-0.1, -0.05) is 0 Å². The Morgan fingerprint density at radius 1 is 1.53 bits per heavy atom. The number of carbonyl (C=O) groups excluding carboxylic acids is 1. The van der Waals surface area contributed by atoms with Crippen LogP contribution in [0.2, 0.25) is 0 Å². The number of hydrogen-bond acceptors (Lipinski definition) is 3. The van der Waals surface area contributed by atoms with E-state index in [0.717, 1.165) is 25.9 Å². The molecular weight excluding hydrogens is 192 g/mol. The standard InChI is InChI=1S/C11H20N2O2/c1-13-9(4-5-11(13)14)8-15-10-3-2-6-12-7-10/h9-10,12H,2-8H2,1H3. The number of piperidine rings is 1. The Bertz CT molecular complexity index is 227. The van der Waals surface area contributed by atoms with E-state index >= 15 is 0 Å². The predicted octanol–water partition coefficient (Wildman–Crippen LogP) is 0.376. The first-order chi connectivity index (χ1) is 7.27. The fraction of sp³-hybridized carbons (Fsp3) is 0.909. The summed E-state index contributed by atoms with van der Waals surface area (Å²) in [6.07, 6.45) is 4.34. The highest BCUT2D eigenvalue weighted by Crippen LogP contribution is 2.17. The van der Waals surface area contributed by atoms with E-state index in [2.05, 4.69) is 5.32 Å². The molecule has 0 saturated carbocycles. The zero-order valence-corrected chi connectivity index (χ0v) is 9.37. The quantitative estimate of drug-likeness (QED) is 0.735. The number of carbonyl (C=O) groups is 1. The topological polar surface area (TPSA) is 41.6 Å². The normalized spacial score (nSPS) is 32.3. The van der Waals surface area contributed by atoms with Gasteiger partial charge in [0.2, 0.25) is 5.91 Å². The largest absolute Gasteiger partial charge is 0.375 e. The fourth-order valence-corrected chi connectivity index (χ4v) is 2.27. The SMILES string of the molecule is CN1C(=O)CCC1COC1CCCNC1. The van der Waals surface area contributed by atoms with Crippen LogP contribution in [0.5, 0.6) is 0 Å². The highest BCUT2D eigenvalue weighted by Gasteiger charge is 2.28. The average Bonchev–Trinajstić information content (AvgIpc) is 2.59. The molecule has 2 atom stereocenters. The van der Waals surface area contributed by atoms with Gasteiger partial charge >= 0.3 is 0 Å². The average molecular weight is 212 g/mol. The van der Waals surface area contributed by atoms with Crippen LogP contribution < -0.4 is 5.32 Å². The smallest absolute Gasteiger partial charge is 0.222 e. The number of hydrogen-bond donors (Lipinski definition) is 1. The summed E-state index contributed by atoms with van der Waals surface area (Å²) >= 11 is 0. The Hall–Kier alpha value is -0.610. The summed E-state index contributed by atoms with van der Waals surface area (Å²) in [6, 6.07) is 0.305. The Morgan fingerprint density at radius 3 is 3.00 bits per heavy atom. The molecule has 2 fully saturated rings. The molecule has 2 aliphatic rings. The van der Waals surface area contributed by atoms with Gasteiger partial charge in [0.15, 0.2) is 0 Å². The van der Waals surface area contributed by atoms with Crippen LogP contribution in [-0.2, 0) is 9.53 Å². The zero-order chi connectivity index (χ0) is 10.7. The van der Waals surface area contributed by atoms with Crippen molar-refractivity contribution >= 4 is 5.91 Å². The maximum Gasteiger partial charge on any atom is 0.222 e. The molecule has 2 rings (SSSR count). The van der Waals surface area contributed by atoms with Gasteiger partial charge < -0.3 is 15.0 Å². The number of amides is 1. The van der Waals surface area contributed by atoms with Crippen molar-refractivity contribution in [2.75, 3.05) is 26.7 Å². The zero-order valence-electron chi connectivity index (χ0n) is 9.37. The fourth-order valence-electron chi connectivity index (χ4n) is 2.27. The second-order valence-corrected chi connectivity index (χ2v) is 4.50. The first kappa shape index (κ1) is 10.9. The number of ether oxygens (including phenoxy) is 1. The lowest BCUT2D eigenvalue weighted by Crippen LogP contribution is -2.39. The van der Waals surface area contributed by atoms with Crippen molar-refractivity contribution in [1.82, 2.24) is 10.2 Å². The molecule has 15 heavy (non-hydrogen) atoms. The molecule has 0 aromatic heterocycles. The third kappa shape index (κ3) is 2.69. The van der Waals surface area contributed by atoms with Crippen LogP contribution in [-0.4, -0.2) is 49.7 Å². The lowest BCUT2D eigenvalue weighted by Gasteiger charge is -2.26. The monoisotopic (exact) mass is 212 g/mol. The summed E-state index contributed by atoms with van der Waals surface area (Å²) in [5.41, 5.74) is 0. The van der Waals surface area contributed by atoms with Crippen molar-refractivity contribution in [3.63, 3.8) is 0 Å². The third-order valence-corrected chi connectivity index (χ3v) is 3.41. The molecule has 0 spiro atoms. The van der Waals surface area contributed by atoms with Crippen LogP contribution in [0.3, 0.4) is 0 Å². The van der Waals surface area contributed by atoms with E-state index in [1.54, 1.807) is 0 Å². The molecule has 1 amide bonds. The molecule has 4 nitrogen and oxygen atoms in total. The first-order valence-electron chi connectivity index (χ1n) is 5.85. The highest BCUT2D eigenvalue weighted by molar-refractivity contribution is 5.78. The van der Waals surface area contributed by atoms with Crippen LogP contribution >= 0.6 is 0 Å². The van der Waals surface area contributed by atoms with E-state index in [-0.39, 0.29) is 5.91 Å². The molecule has 0 bridgehead atoms. The van der Waals surface area contributed by atoms with Crippen LogP contribution in [0.15, 0.2) is 0 Å². The minimum absolute atomic E-state index is 0.255. The van der Waals surface area contributed by atoms with Gasteiger partial charge in [0.1, 0.15) is 0 Å². The third-order valence-electron chi connectivity index (χ3n) is 3.41. The molecular formula is C11H20N2O2. The lowest BCUT2D eigenvalue weighted by molar-refractivity contribution is -0.128. The van der Waals surface area contributed by atoms with Gasteiger partial charge in [0.05, 0.1) is 18.8 Å². The number of likely N-dealkylation sites (N-methyl/N-ethyl adjacent to an activating group) is 1. The van der Waals surface area contributed by atoms with Gasteiger partial charge in [-0.05, 0) is 25.8 Å².